The van der Waals surface area contributed by atoms with Crippen molar-refractivity contribution in [3.8, 4) is 5.88 Å². The van der Waals surface area contributed by atoms with Gasteiger partial charge in [0.2, 0.25) is 5.88 Å². The van der Waals surface area contributed by atoms with E-state index in [9.17, 15) is 5.11 Å². The van der Waals surface area contributed by atoms with Crippen LogP contribution >= 0.6 is 0 Å². The van der Waals surface area contributed by atoms with Crippen LogP contribution in [0.15, 0.2) is 36.7 Å². The Morgan fingerprint density at radius 2 is 2.06 bits per heavy atom. The van der Waals surface area contributed by atoms with Gasteiger partial charge in [0.05, 0.1) is 7.11 Å². The molecular formula is C14H16N2O2. The fraction of sp³-hybridized carbons (Fsp3) is 0.286. The minimum Gasteiger partial charge on any atom is -0.480 e. The van der Waals surface area contributed by atoms with Crippen molar-refractivity contribution in [1.82, 2.24) is 9.97 Å². The van der Waals surface area contributed by atoms with Crippen molar-refractivity contribution >= 4 is 0 Å². The maximum atomic E-state index is 10.2. The van der Waals surface area contributed by atoms with Gasteiger partial charge in [0, 0.05) is 18.8 Å². The van der Waals surface area contributed by atoms with Gasteiger partial charge in [-0.05, 0) is 12.5 Å². The molecule has 4 nitrogen and oxygen atoms in total. The number of rotatable bonds is 4. The Morgan fingerprint density at radius 1 is 1.28 bits per heavy atom. The van der Waals surface area contributed by atoms with Crippen LogP contribution < -0.4 is 4.74 Å². The molecule has 0 aliphatic rings. The number of nitrogens with zero attached hydrogens (tertiary/aromatic N) is 2. The lowest BCUT2D eigenvalue weighted by atomic mass is 10.0. The fourth-order valence-corrected chi connectivity index (χ4v) is 1.88. The van der Waals surface area contributed by atoms with E-state index >= 15 is 0 Å². The first kappa shape index (κ1) is 12.5. The Labute approximate surface area is 106 Å². The minimum atomic E-state index is -0.713. The van der Waals surface area contributed by atoms with Gasteiger partial charge in [-0.1, -0.05) is 29.8 Å². The molecule has 0 bridgehead atoms. The van der Waals surface area contributed by atoms with Crippen molar-refractivity contribution in [2.45, 2.75) is 19.4 Å². The van der Waals surface area contributed by atoms with Crippen LogP contribution in [0.25, 0.3) is 0 Å². The van der Waals surface area contributed by atoms with Gasteiger partial charge >= 0.3 is 0 Å². The van der Waals surface area contributed by atoms with Gasteiger partial charge in [-0.3, -0.25) is 4.98 Å². The van der Waals surface area contributed by atoms with E-state index in [1.54, 1.807) is 12.4 Å². The summed E-state index contributed by atoms with van der Waals surface area (Å²) in [6.07, 6.45) is 2.88. The number of ether oxygens (including phenoxy) is 1. The first-order valence-electron chi connectivity index (χ1n) is 5.79. The van der Waals surface area contributed by atoms with Gasteiger partial charge in [-0.15, -0.1) is 0 Å². The predicted molar refractivity (Wildman–Crippen MR) is 68.4 cm³/mol. The maximum absolute atomic E-state index is 10.2. The molecule has 18 heavy (non-hydrogen) atoms. The molecule has 94 valence electrons. The largest absolute Gasteiger partial charge is 0.480 e. The molecule has 2 aromatic rings. The number of aliphatic hydroxyl groups excluding tert-OH is 1. The lowest BCUT2D eigenvalue weighted by molar-refractivity contribution is 0.167. The summed E-state index contributed by atoms with van der Waals surface area (Å²) >= 11 is 0. The molecule has 1 atom stereocenters. The van der Waals surface area contributed by atoms with E-state index < -0.39 is 6.10 Å². The molecule has 1 heterocycles. The summed E-state index contributed by atoms with van der Waals surface area (Å²) < 4.78 is 5.09. The summed E-state index contributed by atoms with van der Waals surface area (Å²) in [4.78, 5) is 8.16. The highest BCUT2D eigenvalue weighted by Gasteiger charge is 2.16. The Bertz CT molecular complexity index is 529. The number of aliphatic hydroxyl groups is 1. The molecule has 0 fully saturated rings. The average Bonchev–Trinajstić information content (AvgIpc) is 2.38. The molecule has 1 aromatic carbocycles. The van der Waals surface area contributed by atoms with Gasteiger partial charge in [0.15, 0.2) is 0 Å². The molecule has 0 saturated carbocycles. The monoisotopic (exact) mass is 244 g/mol. The molecule has 0 radical (unpaired) electrons. The molecule has 0 amide bonds. The maximum Gasteiger partial charge on any atom is 0.238 e. The van der Waals surface area contributed by atoms with E-state index in [0.717, 1.165) is 5.56 Å². The standard InChI is InChI=1S/C14H16N2O2/c1-10-4-3-5-11(8-10)9-12(17)13-14(18-2)16-7-6-15-13/h3-8,12,17H,9H2,1-2H3. The Balaban J connectivity index is 2.19. The highest BCUT2D eigenvalue weighted by Crippen LogP contribution is 2.23. The second-order valence-electron chi connectivity index (χ2n) is 4.16. The highest BCUT2D eigenvalue weighted by atomic mass is 16.5. The van der Waals surface area contributed by atoms with Gasteiger partial charge < -0.3 is 9.84 Å². The molecular weight excluding hydrogens is 228 g/mol. The highest BCUT2D eigenvalue weighted by molar-refractivity contribution is 5.26. The Kier molecular flexibility index (Phi) is 3.89. The lowest BCUT2D eigenvalue weighted by Gasteiger charge is -2.12. The van der Waals surface area contributed by atoms with Crippen LogP contribution in [0.5, 0.6) is 5.88 Å². The Hall–Kier alpha value is -1.94. The number of hydrogen-bond acceptors (Lipinski definition) is 4. The Morgan fingerprint density at radius 3 is 2.78 bits per heavy atom. The molecule has 0 saturated heterocycles. The van der Waals surface area contributed by atoms with Crippen LogP contribution in [-0.2, 0) is 6.42 Å². The summed E-state index contributed by atoms with van der Waals surface area (Å²) in [6.45, 7) is 2.03. The van der Waals surface area contributed by atoms with Gasteiger partial charge in [0.25, 0.3) is 0 Å². The number of aryl methyl sites for hydroxylation is 1. The van der Waals surface area contributed by atoms with E-state index in [2.05, 4.69) is 9.97 Å². The van der Waals surface area contributed by atoms with E-state index in [1.165, 1.54) is 12.7 Å². The number of benzene rings is 1. The van der Waals surface area contributed by atoms with E-state index in [1.807, 2.05) is 31.2 Å². The zero-order chi connectivity index (χ0) is 13.0. The third-order valence-electron chi connectivity index (χ3n) is 2.71. The smallest absolute Gasteiger partial charge is 0.238 e. The molecule has 1 aromatic heterocycles. The van der Waals surface area contributed by atoms with Crippen LogP contribution in [0.4, 0.5) is 0 Å². The predicted octanol–water partition coefficient (Wildman–Crippen LogP) is 2.07. The molecule has 0 aliphatic carbocycles. The van der Waals surface area contributed by atoms with Crippen molar-refractivity contribution in [3.05, 3.63) is 53.5 Å². The van der Waals surface area contributed by atoms with E-state index in [0.29, 0.717) is 18.0 Å². The third-order valence-corrected chi connectivity index (χ3v) is 2.71. The quantitative estimate of drug-likeness (QED) is 0.894. The van der Waals surface area contributed by atoms with Crippen molar-refractivity contribution in [2.75, 3.05) is 7.11 Å². The minimum absolute atomic E-state index is 0.373. The number of hydrogen-bond donors (Lipinski definition) is 1. The molecule has 1 N–H and O–H groups in total. The van der Waals surface area contributed by atoms with Crippen molar-refractivity contribution in [2.24, 2.45) is 0 Å². The van der Waals surface area contributed by atoms with Crippen LogP contribution in [-0.4, -0.2) is 22.2 Å². The van der Waals surface area contributed by atoms with E-state index in [-0.39, 0.29) is 0 Å². The summed E-state index contributed by atoms with van der Waals surface area (Å²) in [5.74, 6) is 0.373. The topological polar surface area (TPSA) is 55.2 Å². The summed E-state index contributed by atoms with van der Waals surface area (Å²) in [5.41, 5.74) is 2.71. The van der Waals surface area contributed by atoms with Crippen molar-refractivity contribution < 1.29 is 9.84 Å². The molecule has 1 unspecified atom stereocenters. The normalized spacial score (nSPS) is 12.2. The second-order valence-corrected chi connectivity index (χ2v) is 4.16. The molecule has 0 aliphatic heterocycles. The molecule has 4 heteroatoms. The van der Waals surface area contributed by atoms with Gasteiger partial charge in [0.1, 0.15) is 11.8 Å². The number of aromatic nitrogens is 2. The summed E-state index contributed by atoms with van der Waals surface area (Å²) in [6, 6.07) is 8.04. The van der Waals surface area contributed by atoms with Crippen molar-refractivity contribution in [3.63, 3.8) is 0 Å². The van der Waals surface area contributed by atoms with Crippen LogP contribution in [0.3, 0.4) is 0 Å². The van der Waals surface area contributed by atoms with Crippen molar-refractivity contribution in [1.29, 1.82) is 0 Å². The third kappa shape index (κ3) is 2.84. The summed E-state index contributed by atoms with van der Waals surface area (Å²) in [5, 5.41) is 10.2. The zero-order valence-corrected chi connectivity index (χ0v) is 10.5. The molecule has 2 rings (SSSR count). The van der Waals surface area contributed by atoms with Gasteiger partial charge in [-0.2, -0.15) is 0 Å². The second kappa shape index (κ2) is 5.60. The average molecular weight is 244 g/mol. The van der Waals surface area contributed by atoms with Crippen LogP contribution in [0, 0.1) is 6.92 Å². The fourth-order valence-electron chi connectivity index (χ4n) is 1.88. The van der Waals surface area contributed by atoms with Gasteiger partial charge in [-0.25, -0.2) is 4.98 Å². The first-order chi connectivity index (χ1) is 8.70. The van der Waals surface area contributed by atoms with Crippen LogP contribution in [0.1, 0.15) is 22.9 Å². The first-order valence-corrected chi connectivity index (χ1v) is 5.79. The number of methoxy groups -OCH3 is 1. The molecule has 0 spiro atoms. The van der Waals surface area contributed by atoms with Crippen LogP contribution in [0.2, 0.25) is 0 Å². The SMILES string of the molecule is COc1nccnc1C(O)Cc1cccc(C)c1. The van der Waals surface area contributed by atoms with E-state index in [4.69, 9.17) is 4.74 Å². The summed E-state index contributed by atoms with van der Waals surface area (Å²) in [7, 11) is 1.52. The zero-order valence-electron chi connectivity index (χ0n) is 10.5. The lowest BCUT2D eigenvalue weighted by Crippen LogP contribution is -2.07.